The lowest BCUT2D eigenvalue weighted by atomic mass is 10.1. The first-order valence-corrected chi connectivity index (χ1v) is 7.66. The lowest BCUT2D eigenvalue weighted by Crippen LogP contribution is -2.25. The fourth-order valence-electron chi connectivity index (χ4n) is 2.04. The van der Waals surface area contributed by atoms with E-state index in [0.717, 1.165) is 36.0 Å². The van der Waals surface area contributed by atoms with Crippen LogP contribution < -0.4 is 9.50 Å². The summed E-state index contributed by atoms with van der Waals surface area (Å²) in [6.07, 6.45) is 2.10. The molecule has 1 N–H and O–H groups in total. The maximum Gasteiger partial charge on any atom is 0.287 e. The van der Waals surface area contributed by atoms with Crippen LogP contribution in [0.2, 0.25) is 0 Å². The molecule has 0 atom stereocenters. The lowest BCUT2D eigenvalue weighted by Gasteiger charge is -2.06. The van der Waals surface area contributed by atoms with Gasteiger partial charge in [-0.15, -0.1) is 3.82 Å². The summed E-state index contributed by atoms with van der Waals surface area (Å²) in [6.45, 7) is 1.87. The number of fused-ring (bicyclic) bond motifs is 1. The summed E-state index contributed by atoms with van der Waals surface area (Å²) in [5, 5.41) is 3.80. The molecule has 1 heterocycles. The summed E-state index contributed by atoms with van der Waals surface area (Å²) >= 11 is 6.69. The van der Waals surface area contributed by atoms with Gasteiger partial charge in [0, 0.05) is 24.0 Å². The Hall–Kier alpha value is -1.02. The third kappa shape index (κ3) is 3.84. The van der Waals surface area contributed by atoms with E-state index in [1.807, 2.05) is 13.0 Å². The van der Waals surface area contributed by atoms with Crippen LogP contribution in [0.15, 0.2) is 22.6 Å². The van der Waals surface area contributed by atoms with Crippen molar-refractivity contribution >= 4 is 54.4 Å². The van der Waals surface area contributed by atoms with Crippen LogP contribution in [0.5, 0.6) is 5.75 Å². The summed E-state index contributed by atoms with van der Waals surface area (Å²) < 4.78 is 12.4. The quantitative estimate of drug-likeness (QED) is 0.499. The summed E-state index contributed by atoms with van der Waals surface area (Å²) in [6, 6.07) is 5.72. The maximum absolute atomic E-state index is 12.1. The summed E-state index contributed by atoms with van der Waals surface area (Å²) in [5.74, 6) is 0.873. The lowest BCUT2D eigenvalue weighted by molar-refractivity contribution is 0.0924. The van der Waals surface area contributed by atoms with Crippen molar-refractivity contribution < 1.29 is 13.4 Å². The maximum atomic E-state index is 12.1. The molecule has 0 unspecified atom stereocenters. The number of aryl methyl sites for hydroxylation is 1. The van der Waals surface area contributed by atoms with E-state index >= 15 is 0 Å². The van der Waals surface area contributed by atoms with Crippen molar-refractivity contribution in [2.75, 3.05) is 7.05 Å². The van der Waals surface area contributed by atoms with Crippen LogP contribution in [0, 0.1) is 6.92 Å². The summed E-state index contributed by atoms with van der Waals surface area (Å²) in [4.78, 5) is 12.1. The normalized spacial score (nSPS) is 14.0. The van der Waals surface area contributed by atoms with Crippen molar-refractivity contribution in [3.63, 3.8) is 0 Å². The Balaban J connectivity index is 0.00000176. The van der Waals surface area contributed by atoms with E-state index in [1.165, 1.54) is 3.82 Å². The number of benzene rings is 1. The van der Waals surface area contributed by atoms with E-state index in [9.17, 15) is 4.79 Å². The van der Waals surface area contributed by atoms with Crippen molar-refractivity contribution in [2.45, 2.75) is 25.8 Å². The number of nitrogens with one attached hydrogen (secondary N) is 1. The van der Waals surface area contributed by atoms with Crippen molar-refractivity contribution in [3.05, 3.63) is 29.5 Å². The average Bonchev–Trinajstić information content (AvgIpc) is 3.20. The third-order valence-electron chi connectivity index (χ3n) is 3.26. The Morgan fingerprint density at radius 2 is 2.23 bits per heavy atom. The molecule has 0 saturated heterocycles. The van der Waals surface area contributed by atoms with Crippen molar-refractivity contribution in [1.82, 2.24) is 9.14 Å². The van der Waals surface area contributed by atoms with Crippen LogP contribution in [0.3, 0.4) is 0 Å². The number of furan rings is 1. The fraction of sp³-hybridized carbons (Fsp3) is 0.357. The molecule has 1 amide bonds. The van der Waals surface area contributed by atoms with Crippen LogP contribution >= 0.6 is 37.5 Å². The number of hydrogen-bond acceptors (Lipinski definition) is 5. The first-order chi connectivity index (χ1) is 10.0. The molecule has 0 spiro atoms. The topological polar surface area (TPSA) is 54.7 Å². The minimum absolute atomic E-state index is 0. The predicted octanol–water partition coefficient (Wildman–Crippen LogP) is 3.77. The van der Waals surface area contributed by atoms with Crippen LogP contribution in [-0.2, 0) is 0 Å². The molecule has 1 aliphatic rings. The molecule has 1 saturated carbocycles. The number of hydrogen-bond donors (Lipinski definition) is 1. The van der Waals surface area contributed by atoms with Gasteiger partial charge in [-0.05, 0) is 49.7 Å². The molecule has 0 radical (unpaired) electrons. The molecular formula is C14H17ClN2O3S2. The zero-order valence-corrected chi connectivity index (χ0v) is 14.8. The molecule has 1 aromatic heterocycles. The van der Waals surface area contributed by atoms with E-state index < -0.39 is 0 Å². The van der Waals surface area contributed by atoms with E-state index in [1.54, 1.807) is 19.2 Å². The number of carbonyl (C=O) groups is 1. The molecule has 1 aliphatic carbocycles. The van der Waals surface area contributed by atoms with Crippen LogP contribution in [0.4, 0.5) is 0 Å². The summed E-state index contributed by atoms with van der Waals surface area (Å²) in [5.41, 5.74) is 1.49. The molecule has 2 aromatic rings. The van der Waals surface area contributed by atoms with Gasteiger partial charge in [0.15, 0.2) is 18.0 Å². The zero-order valence-electron chi connectivity index (χ0n) is 12.2. The molecule has 0 aliphatic heterocycles. The van der Waals surface area contributed by atoms with Gasteiger partial charge < -0.3 is 13.9 Å². The van der Waals surface area contributed by atoms with Gasteiger partial charge in [-0.3, -0.25) is 4.79 Å². The molecule has 3 rings (SSSR count). The fourth-order valence-corrected chi connectivity index (χ4v) is 2.42. The first kappa shape index (κ1) is 17.3. The number of rotatable bonds is 5. The minimum Gasteiger partial charge on any atom is -0.451 e. The number of amides is 1. The Labute approximate surface area is 145 Å². The van der Waals surface area contributed by atoms with Gasteiger partial charge in [0.05, 0.1) is 0 Å². The van der Waals surface area contributed by atoms with Gasteiger partial charge >= 0.3 is 0 Å². The second-order valence-corrected chi connectivity index (χ2v) is 6.61. The zero-order chi connectivity index (χ0) is 15.0. The highest BCUT2D eigenvalue weighted by atomic mass is 35.5. The highest BCUT2D eigenvalue weighted by Crippen LogP contribution is 2.31. The number of halogens is 1. The van der Waals surface area contributed by atoms with Gasteiger partial charge in [0.25, 0.3) is 5.91 Å². The van der Waals surface area contributed by atoms with Gasteiger partial charge in [0.1, 0.15) is 11.3 Å². The van der Waals surface area contributed by atoms with Crippen LogP contribution in [0.1, 0.15) is 29.0 Å². The minimum atomic E-state index is -0.150. The molecule has 1 fully saturated rings. The van der Waals surface area contributed by atoms with Crippen molar-refractivity contribution in [3.8, 4) is 5.75 Å². The van der Waals surface area contributed by atoms with E-state index in [2.05, 4.69) is 5.32 Å². The molecule has 22 heavy (non-hydrogen) atoms. The Kier molecular flexibility index (Phi) is 5.55. The second kappa shape index (κ2) is 7.04. The van der Waals surface area contributed by atoms with E-state index in [-0.39, 0.29) is 19.4 Å². The van der Waals surface area contributed by atoms with Gasteiger partial charge in [0.2, 0.25) is 0 Å². The SMILES string of the molecule is Cc1c(C(=O)NC2CC2)oc2ccc(OSN(C)Cl)cc12.S. The number of carbonyl (C=O) groups excluding carboxylic acids is 1. The highest BCUT2D eigenvalue weighted by Gasteiger charge is 2.26. The number of nitrogens with zero attached hydrogens (tertiary/aromatic N) is 1. The average molecular weight is 361 g/mol. The molecular weight excluding hydrogens is 344 g/mol. The smallest absolute Gasteiger partial charge is 0.287 e. The largest absolute Gasteiger partial charge is 0.451 e. The molecule has 1 aromatic carbocycles. The van der Waals surface area contributed by atoms with Crippen molar-refractivity contribution in [2.24, 2.45) is 0 Å². The predicted molar refractivity (Wildman–Crippen MR) is 93.7 cm³/mol. The Bertz CT molecular complexity index is 686. The molecule has 8 heteroatoms. The van der Waals surface area contributed by atoms with E-state index in [0.29, 0.717) is 23.1 Å². The standard InChI is InChI=1S/C14H15ClN2O3S.H2S/c1-8-11-7-10(20-21-17(2)15)5-6-12(11)19-13(8)14(18)16-9-3-4-9;/h5-7,9H,3-4H2,1-2H3,(H,16,18);1H2. The summed E-state index contributed by atoms with van der Waals surface area (Å²) in [7, 11) is 1.67. The molecule has 120 valence electrons. The molecule has 5 nitrogen and oxygen atoms in total. The molecule has 0 bridgehead atoms. The highest BCUT2D eigenvalue weighted by molar-refractivity contribution is 7.93. The van der Waals surface area contributed by atoms with Crippen LogP contribution in [-0.4, -0.2) is 22.8 Å². The van der Waals surface area contributed by atoms with Gasteiger partial charge in [-0.2, -0.15) is 13.5 Å². The monoisotopic (exact) mass is 360 g/mol. The van der Waals surface area contributed by atoms with E-state index in [4.69, 9.17) is 20.4 Å². The Morgan fingerprint density at radius 1 is 1.50 bits per heavy atom. The van der Waals surface area contributed by atoms with Gasteiger partial charge in [-0.1, -0.05) is 0 Å². The van der Waals surface area contributed by atoms with Crippen LogP contribution in [0.25, 0.3) is 11.0 Å². The first-order valence-electron chi connectivity index (χ1n) is 6.63. The third-order valence-corrected chi connectivity index (χ3v) is 3.90. The van der Waals surface area contributed by atoms with Crippen molar-refractivity contribution in [1.29, 1.82) is 0 Å². The van der Waals surface area contributed by atoms with Gasteiger partial charge in [-0.25, -0.2) is 0 Å². The second-order valence-electron chi connectivity index (χ2n) is 5.04. The Morgan fingerprint density at radius 3 is 2.86 bits per heavy atom.